The van der Waals surface area contributed by atoms with Gasteiger partial charge in [0.05, 0.1) is 24.9 Å². The highest BCUT2D eigenvalue weighted by molar-refractivity contribution is 4.90. The first kappa shape index (κ1) is 14.4. The largest absolute Gasteiger partial charge is 0.382 e. The Balaban J connectivity index is 1.98. The van der Waals surface area contributed by atoms with Crippen LogP contribution in [-0.4, -0.2) is 53.6 Å². The number of ether oxygens (including phenoxy) is 2. The molecule has 1 aromatic rings. The fraction of sp³-hybridized carbons (Fsp3) is 0.846. The van der Waals surface area contributed by atoms with E-state index in [2.05, 4.69) is 28.9 Å². The van der Waals surface area contributed by atoms with Gasteiger partial charge < -0.3 is 14.0 Å². The van der Waals surface area contributed by atoms with Gasteiger partial charge in [-0.05, 0) is 13.8 Å². The lowest BCUT2D eigenvalue weighted by Gasteiger charge is -2.42. The van der Waals surface area contributed by atoms with Crippen molar-refractivity contribution < 1.29 is 14.0 Å². The number of methoxy groups -OCH3 is 1. The maximum Gasteiger partial charge on any atom is 0.226 e. The molecule has 0 aromatic carbocycles. The van der Waals surface area contributed by atoms with Crippen molar-refractivity contribution >= 4 is 0 Å². The first-order chi connectivity index (χ1) is 9.02. The average molecular weight is 269 g/mol. The minimum Gasteiger partial charge on any atom is -0.382 e. The minimum atomic E-state index is -0.182. The van der Waals surface area contributed by atoms with Gasteiger partial charge in [0.1, 0.15) is 0 Å². The molecular formula is C13H23N3O3. The van der Waals surface area contributed by atoms with Gasteiger partial charge in [-0.3, -0.25) is 4.90 Å². The highest BCUT2D eigenvalue weighted by Crippen LogP contribution is 2.22. The third-order valence-electron chi connectivity index (χ3n) is 3.08. The van der Waals surface area contributed by atoms with E-state index >= 15 is 0 Å². The highest BCUT2D eigenvalue weighted by Gasteiger charge is 2.33. The molecule has 2 heterocycles. The highest BCUT2D eigenvalue weighted by atomic mass is 16.5. The fourth-order valence-electron chi connectivity index (χ4n) is 2.51. The Morgan fingerprint density at radius 1 is 1.47 bits per heavy atom. The maximum absolute atomic E-state index is 5.98. The van der Waals surface area contributed by atoms with Crippen molar-refractivity contribution in [2.45, 2.75) is 45.4 Å². The van der Waals surface area contributed by atoms with Crippen LogP contribution < -0.4 is 0 Å². The Kier molecular flexibility index (Phi) is 4.54. The molecule has 1 saturated heterocycles. The van der Waals surface area contributed by atoms with Gasteiger partial charge in [0.25, 0.3) is 0 Å². The number of aromatic nitrogens is 2. The van der Waals surface area contributed by atoms with E-state index in [9.17, 15) is 0 Å². The monoisotopic (exact) mass is 269 g/mol. The van der Waals surface area contributed by atoms with Gasteiger partial charge in [0.2, 0.25) is 5.89 Å². The van der Waals surface area contributed by atoms with Crippen LogP contribution in [0.3, 0.4) is 0 Å². The quantitative estimate of drug-likeness (QED) is 0.802. The van der Waals surface area contributed by atoms with E-state index in [1.54, 1.807) is 7.11 Å². The number of aryl methyl sites for hydroxylation is 1. The van der Waals surface area contributed by atoms with E-state index in [-0.39, 0.29) is 11.7 Å². The molecule has 108 valence electrons. The summed E-state index contributed by atoms with van der Waals surface area (Å²) in [6.07, 6.45) is 0.861. The predicted molar refractivity (Wildman–Crippen MR) is 69.8 cm³/mol. The van der Waals surface area contributed by atoms with Crippen molar-refractivity contribution in [1.82, 2.24) is 15.0 Å². The molecule has 0 spiro atoms. The first-order valence-electron chi connectivity index (χ1n) is 6.73. The van der Waals surface area contributed by atoms with Crippen molar-refractivity contribution in [1.29, 1.82) is 0 Å². The van der Waals surface area contributed by atoms with Gasteiger partial charge >= 0.3 is 0 Å². The molecular weight excluding hydrogens is 246 g/mol. The van der Waals surface area contributed by atoms with E-state index < -0.39 is 0 Å². The molecule has 1 aromatic heterocycles. The van der Waals surface area contributed by atoms with Crippen LogP contribution in [0.4, 0.5) is 0 Å². The molecule has 1 aliphatic rings. The summed E-state index contributed by atoms with van der Waals surface area (Å²) in [5.74, 6) is 1.43. The van der Waals surface area contributed by atoms with Crippen LogP contribution in [0.2, 0.25) is 0 Å². The van der Waals surface area contributed by atoms with E-state index in [0.29, 0.717) is 19.0 Å². The van der Waals surface area contributed by atoms with Crippen LogP contribution in [0.5, 0.6) is 0 Å². The molecule has 6 heteroatoms. The summed E-state index contributed by atoms with van der Waals surface area (Å²) in [7, 11) is 1.70. The standard InChI is InChI=1S/C13H23N3O3/c1-5-12-14-11(15-19-12)7-16-6-10(8-17-4)18-13(2,3)9-16/h10H,5-9H2,1-4H3/t10-/m1/s1. The molecule has 0 radical (unpaired) electrons. The summed E-state index contributed by atoms with van der Waals surface area (Å²) in [5, 5.41) is 4.00. The number of hydrogen-bond acceptors (Lipinski definition) is 6. The summed E-state index contributed by atoms with van der Waals surface area (Å²) in [5.41, 5.74) is -0.182. The second-order valence-corrected chi connectivity index (χ2v) is 5.58. The Morgan fingerprint density at radius 2 is 2.26 bits per heavy atom. The zero-order chi connectivity index (χ0) is 13.9. The first-order valence-corrected chi connectivity index (χ1v) is 6.73. The van der Waals surface area contributed by atoms with Crippen molar-refractivity contribution in [3.63, 3.8) is 0 Å². The smallest absolute Gasteiger partial charge is 0.226 e. The van der Waals surface area contributed by atoms with Crippen LogP contribution in [0, 0.1) is 0 Å². The van der Waals surface area contributed by atoms with E-state index in [4.69, 9.17) is 14.0 Å². The molecule has 19 heavy (non-hydrogen) atoms. The topological polar surface area (TPSA) is 60.6 Å². The zero-order valence-electron chi connectivity index (χ0n) is 12.2. The van der Waals surface area contributed by atoms with Crippen molar-refractivity contribution in [3.05, 3.63) is 11.7 Å². The number of hydrogen-bond donors (Lipinski definition) is 0. The van der Waals surface area contributed by atoms with Gasteiger partial charge in [-0.15, -0.1) is 0 Å². The molecule has 2 rings (SSSR count). The van der Waals surface area contributed by atoms with Crippen LogP contribution >= 0.6 is 0 Å². The lowest BCUT2D eigenvalue weighted by Crippen LogP contribution is -2.53. The number of nitrogens with zero attached hydrogens (tertiary/aromatic N) is 3. The van der Waals surface area contributed by atoms with Crippen LogP contribution in [0.1, 0.15) is 32.5 Å². The molecule has 0 amide bonds. The second-order valence-electron chi connectivity index (χ2n) is 5.58. The third kappa shape index (κ3) is 3.99. The number of rotatable bonds is 5. The van der Waals surface area contributed by atoms with Gasteiger partial charge in [-0.1, -0.05) is 12.1 Å². The molecule has 0 N–H and O–H groups in total. The molecule has 0 saturated carbocycles. The van der Waals surface area contributed by atoms with Crippen LogP contribution in [0.25, 0.3) is 0 Å². The van der Waals surface area contributed by atoms with Gasteiger partial charge in [0.15, 0.2) is 5.82 Å². The second kappa shape index (κ2) is 5.98. The molecule has 0 aliphatic carbocycles. The lowest BCUT2D eigenvalue weighted by molar-refractivity contribution is -0.154. The summed E-state index contributed by atoms with van der Waals surface area (Å²) in [6.45, 7) is 9.16. The summed E-state index contributed by atoms with van der Waals surface area (Å²) in [4.78, 5) is 6.64. The van der Waals surface area contributed by atoms with Gasteiger partial charge in [-0.25, -0.2) is 0 Å². The van der Waals surface area contributed by atoms with Crippen molar-refractivity contribution in [3.8, 4) is 0 Å². The summed E-state index contributed by atoms with van der Waals surface area (Å²) < 4.78 is 16.3. The SMILES string of the molecule is CCc1nc(CN2C[C@H](COC)OC(C)(C)C2)no1. The van der Waals surface area contributed by atoms with Crippen molar-refractivity contribution in [2.75, 3.05) is 26.8 Å². The summed E-state index contributed by atoms with van der Waals surface area (Å²) in [6, 6.07) is 0. The molecule has 1 aliphatic heterocycles. The molecule has 1 atom stereocenters. The Morgan fingerprint density at radius 3 is 2.89 bits per heavy atom. The molecule has 1 fully saturated rings. The Bertz CT molecular complexity index is 406. The van der Waals surface area contributed by atoms with Gasteiger partial charge in [-0.2, -0.15) is 4.98 Å². The predicted octanol–water partition coefficient (Wildman–Crippen LogP) is 1.26. The molecule has 0 bridgehead atoms. The van der Waals surface area contributed by atoms with Gasteiger partial charge in [0, 0.05) is 26.6 Å². The van der Waals surface area contributed by atoms with E-state index in [0.717, 1.165) is 25.3 Å². The lowest BCUT2D eigenvalue weighted by atomic mass is 10.1. The van der Waals surface area contributed by atoms with E-state index in [1.807, 2.05) is 6.92 Å². The normalized spacial score (nSPS) is 23.7. The average Bonchev–Trinajstić information content (AvgIpc) is 2.75. The molecule has 0 unspecified atom stereocenters. The van der Waals surface area contributed by atoms with Crippen LogP contribution in [-0.2, 0) is 22.4 Å². The third-order valence-corrected chi connectivity index (χ3v) is 3.08. The molecule has 6 nitrogen and oxygen atoms in total. The Labute approximate surface area is 114 Å². The Hall–Kier alpha value is -0.980. The minimum absolute atomic E-state index is 0.0892. The van der Waals surface area contributed by atoms with Crippen LogP contribution in [0.15, 0.2) is 4.52 Å². The van der Waals surface area contributed by atoms with Crippen molar-refractivity contribution in [2.24, 2.45) is 0 Å². The zero-order valence-corrected chi connectivity index (χ0v) is 12.2. The number of morpholine rings is 1. The summed E-state index contributed by atoms with van der Waals surface area (Å²) >= 11 is 0. The van der Waals surface area contributed by atoms with E-state index in [1.165, 1.54) is 0 Å². The fourth-order valence-corrected chi connectivity index (χ4v) is 2.51. The maximum atomic E-state index is 5.98.